The van der Waals surface area contributed by atoms with Crippen molar-refractivity contribution in [3.05, 3.63) is 57.7 Å². The van der Waals surface area contributed by atoms with Gasteiger partial charge in [-0.15, -0.1) is 0 Å². The van der Waals surface area contributed by atoms with Gasteiger partial charge in [0.05, 0.1) is 17.0 Å². The average molecular weight is 500 g/mol. The number of nitrogens with zero attached hydrogens (tertiary/aromatic N) is 1. The van der Waals surface area contributed by atoms with Crippen LogP contribution in [-0.4, -0.2) is 44.9 Å². The summed E-state index contributed by atoms with van der Waals surface area (Å²) < 4.78 is 33.0. The third-order valence-corrected chi connectivity index (χ3v) is 7.15. The molecule has 0 radical (unpaired) electrons. The molecule has 0 spiro atoms. The molecular weight excluding hydrogens is 479 g/mol. The van der Waals surface area contributed by atoms with Crippen LogP contribution in [0.2, 0.25) is 0 Å². The molecule has 0 aromatic heterocycles. The van der Waals surface area contributed by atoms with Gasteiger partial charge in [-0.25, -0.2) is 8.42 Å². The van der Waals surface area contributed by atoms with Gasteiger partial charge in [0.25, 0.3) is 5.91 Å². The molecule has 8 heteroatoms. The van der Waals surface area contributed by atoms with Crippen LogP contribution in [0, 0.1) is 3.57 Å². The summed E-state index contributed by atoms with van der Waals surface area (Å²) in [5.74, 6) is 0.426. The number of hydrogen-bond donors (Lipinski definition) is 1. The van der Waals surface area contributed by atoms with E-state index in [1.807, 2.05) is 18.2 Å². The van der Waals surface area contributed by atoms with E-state index in [-0.39, 0.29) is 10.8 Å². The van der Waals surface area contributed by atoms with Crippen LogP contribution in [-0.2, 0) is 10.0 Å². The van der Waals surface area contributed by atoms with Gasteiger partial charge in [0.1, 0.15) is 12.4 Å². The highest BCUT2D eigenvalue weighted by atomic mass is 127. The molecule has 1 heterocycles. The molecule has 1 saturated heterocycles. The molecule has 0 atom stereocenters. The van der Waals surface area contributed by atoms with Crippen LogP contribution in [0.5, 0.6) is 5.75 Å². The lowest BCUT2D eigenvalue weighted by Crippen LogP contribution is -2.28. The first-order chi connectivity index (χ1) is 13.0. The third kappa shape index (κ3) is 4.99. The van der Waals surface area contributed by atoms with Crippen molar-refractivity contribution >= 4 is 38.5 Å². The van der Waals surface area contributed by atoms with E-state index in [1.165, 1.54) is 4.31 Å². The number of hydrogen-bond acceptors (Lipinski definition) is 4. The first kappa shape index (κ1) is 20.1. The molecule has 6 nitrogen and oxygen atoms in total. The Labute approximate surface area is 173 Å². The number of rotatable bonds is 7. The molecule has 2 aromatic carbocycles. The highest BCUT2D eigenvalue weighted by Gasteiger charge is 2.26. The second kappa shape index (κ2) is 9.03. The zero-order valence-corrected chi connectivity index (χ0v) is 17.7. The normalized spacial score (nSPS) is 14.9. The van der Waals surface area contributed by atoms with Crippen molar-refractivity contribution in [3.63, 3.8) is 0 Å². The lowest BCUT2D eigenvalue weighted by molar-refractivity contribution is 0.0946. The van der Waals surface area contributed by atoms with Crippen molar-refractivity contribution in [3.8, 4) is 5.75 Å². The number of ether oxygens (including phenoxy) is 1. The maximum atomic E-state index is 12.5. The Balaban J connectivity index is 1.49. The third-order valence-electron chi connectivity index (χ3n) is 4.30. The molecule has 1 fully saturated rings. The summed E-state index contributed by atoms with van der Waals surface area (Å²) in [6.45, 7) is 1.83. The van der Waals surface area contributed by atoms with Crippen LogP contribution >= 0.6 is 22.6 Å². The Bertz CT molecular complexity index is 894. The van der Waals surface area contributed by atoms with Crippen molar-refractivity contribution in [2.24, 2.45) is 0 Å². The molecule has 2 aromatic rings. The average Bonchev–Trinajstić information content (AvgIpc) is 3.21. The van der Waals surface area contributed by atoms with Crippen molar-refractivity contribution in [1.29, 1.82) is 0 Å². The molecule has 1 aliphatic heterocycles. The fraction of sp³-hybridized carbons (Fsp3) is 0.316. The number of sulfonamides is 1. The molecule has 3 rings (SSSR count). The number of benzene rings is 2. The Morgan fingerprint density at radius 1 is 1.07 bits per heavy atom. The molecule has 1 amide bonds. The van der Waals surface area contributed by atoms with E-state index in [1.54, 1.807) is 30.3 Å². The van der Waals surface area contributed by atoms with Crippen LogP contribution in [0.1, 0.15) is 23.2 Å². The lowest BCUT2D eigenvalue weighted by Gasteiger charge is -2.15. The van der Waals surface area contributed by atoms with Crippen LogP contribution in [0.15, 0.2) is 53.4 Å². The minimum atomic E-state index is -3.41. The molecule has 27 heavy (non-hydrogen) atoms. The molecular formula is C19H21IN2O4S. The van der Waals surface area contributed by atoms with Crippen molar-refractivity contribution < 1.29 is 17.9 Å². The van der Waals surface area contributed by atoms with Gasteiger partial charge >= 0.3 is 0 Å². The number of carbonyl (C=O) groups is 1. The van der Waals surface area contributed by atoms with E-state index in [2.05, 4.69) is 27.9 Å². The molecule has 0 unspecified atom stereocenters. The summed E-state index contributed by atoms with van der Waals surface area (Å²) in [5, 5.41) is 2.81. The smallest absolute Gasteiger partial charge is 0.252 e. The first-order valence-corrected chi connectivity index (χ1v) is 11.3. The van der Waals surface area contributed by atoms with E-state index < -0.39 is 10.0 Å². The summed E-state index contributed by atoms with van der Waals surface area (Å²) in [7, 11) is -3.41. The van der Waals surface area contributed by atoms with Crippen LogP contribution in [0.3, 0.4) is 0 Å². The Hall–Kier alpha value is -1.65. The Kier molecular flexibility index (Phi) is 6.72. The first-order valence-electron chi connectivity index (χ1n) is 8.74. The van der Waals surface area contributed by atoms with Gasteiger partial charge in [0.2, 0.25) is 10.0 Å². The van der Waals surface area contributed by atoms with Crippen LogP contribution < -0.4 is 10.1 Å². The topological polar surface area (TPSA) is 75.7 Å². The van der Waals surface area contributed by atoms with Gasteiger partial charge in [-0.05, 0) is 71.8 Å². The van der Waals surface area contributed by atoms with Gasteiger partial charge < -0.3 is 10.1 Å². The predicted molar refractivity (Wildman–Crippen MR) is 111 cm³/mol. The second-order valence-electron chi connectivity index (χ2n) is 6.17. The SMILES string of the molecule is O=C(NCCOc1ccc(S(=O)(=O)N2CCCC2)cc1)c1ccccc1I. The minimum absolute atomic E-state index is 0.143. The summed E-state index contributed by atoms with van der Waals surface area (Å²) >= 11 is 2.12. The van der Waals surface area contributed by atoms with Crippen molar-refractivity contribution in [1.82, 2.24) is 9.62 Å². The van der Waals surface area contributed by atoms with E-state index in [9.17, 15) is 13.2 Å². The van der Waals surface area contributed by atoms with Gasteiger partial charge in [0, 0.05) is 16.7 Å². The van der Waals surface area contributed by atoms with Gasteiger partial charge in [-0.1, -0.05) is 12.1 Å². The largest absolute Gasteiger partial charge is 0.492 e. The number of halogens is 1. The predicted octanol–water partition coefficient (Wildman–Crippen LogP) is 2.88. The van der Waals surface area contributed by atoms with E-state index in [0.29, 0.717) is 37.6 Å². The van der Waals surface area contributed by atoms with E-state index in [0.717, 1.165) is 16.4 Å². The molecule has 0 bridgehead atoms. The summed E-state index contributed by atoms with van der Waals surface area (Å²) in [6, 6.07) is 13.8. The zero-order chi connectivity index (χ0) is 19.3. The fourth-order valence-electron chi connectivity index (χ4n) is 2.86. The maximum Gasteiger partial charge on any atom is 0.252 e. The molecule has 1 aliphatic rings. The van der Waals surface area contributed by atoms with Gasteiger partial charge in [-0.3, -0.25) is 4.79 Å². The molecule has 1 N–H and O–H groups in total. The van der Waals surface area contributed by atoms with Crippen LogP contribution in [0.25, 0.3) is 0 Å². The van der Waals surface area contributed by atoms with Gasteiger partial charge in [0.15, 0.2) is 0 Å². The summed E-state index contributed by atoms with van der Waals surface area (Å²) in [5.41, 5.74) is 0.634. The van der Waals surface area contributed by atoms with Gasteiger partial charge in [-0.2, -0.15) is 4.31 Å². The number of nitrogens with one attached hydrogen (secondary N) is 1. The zero-order valence-electron chi connectivity index (χ0n) is 14.7. The molecule has 144 valence electrons. The molecule has 0 aliphatic carbocycles. The standard InChI is InChI=1S/C19H21IN2O4S/c20-18-6-2-1-5-17(18)19(23)21-11-14-26-15-7-9-16(10-8-15)27(24,25)22-12-3-4-13-22/h1-2,5-10H,3-4,11-14H2,(H,21,23). The number of amides is 1. The summed E-state index contributed by atoms with van der Waals surface area (Å²) in [4.78, 5) is 12.4. The quantitative estimate of drug-likeness (QED) is 0.469. The second-order valence-corrected chi connectivity index (χ2v) is 9.27. The lowest BCUT2D eigenvalue weighted by atomic mass is 10.2. The maximum absolute atomic E-state index is 12.5. The highest BCUT2D eigenvalue weighted by Crippen LogP contribution is 2.22. The Morgan fingerprint density at radius 3 is 2.41 bits per heavy atom. The monoisotopic (exact) mass is 500 g/mol. The molecule has 0 saturated carbocycles. The van der Waals surface area contributed by atoms with E-state index in [4.69, 9.17) is 4.74 Å². The van der Waals surface area contributed by atoms with Crippen LogP contribution in [0.4, 0.5) is 0 Å². The Morgan fingerprint density at radius 2 is 1.74 bits per heavy atom. The fourth-order valence-corrected chi connectivity index (χ4v) is 5.01. The van der Waals surface area contributed by atoms with Crippen molar-refractivity contribution in [2.75, 3.05) is 26.2 Å². The highest BCUT2D eigenvalue weighted by molar-refractivity contribution is 14.1. The summed E-state index contributed by atoms with van der Waals surface area (Å²) in [6.07, 6.45) is 1.82. The van der Waals surface area contributed by atoms with Crippen molar-refractivity contribution in [2.45, 2.75) is 17.7 Å². The minimum Gasteiger partial charge on any atom is -0.492 e. The number of carbonyl (C=O) groups excluding carboxylic acids is 1. The van der Waals surface area contributed by atoms with E-state index >= 15 is 0 Å².